The number of likely N-dealkylation sites (N-methyl/N-ethyl adjacent to an activating group) is 1. The van der Waals surface area contributed by atoms with E-state index in [1.807, 2.05) is 6.92 Å². The minimum absolute atomic E-state index is 0. The second-order valence-electron chi connectivity index (χ2n) is 4.19. The van der Waals surface area contributed by atoms with E-state index in [1.54, 1.807) is 13.1 Å². The van der Waals surface area contributed by atoms with Crippen LogP contribution in [0.2, 0.25) is 4.34 Å². The number of nitrogens with one attached hydrogen (secondary N) is 1. The van der Waals surface area contributed by atoms with Gasteiger partial charge in [0.05, 0.1) is 4.34 Å². The molecule has 1 fully saturated rings. The van der Waals surface area contributed by atoms with E-state index in [0.29, 0.717) is 15.1 Å². The summed E-state index contributed by atoms with van der Waals surface area (Å²) in [6, 6.07) is 1.68. The molecule has 1 unspecified atom stereocenters. The van der Waals surface area contributed by atoms with Crippen molar-refractivity contribution in [3.05, 3.63) is 16.0 Å². The molecule has 8 heteroatoms. The van der Waals surface area contributed by atoms with Crippen molar-refractivity contribution in [3.8, 4) is 0 Å². The maximum atomic E-state index is 12.3. The SMILES string of the molecule is Cc1cc(S(=O)(=O)N(C)C2CCNC2)sc1Cl.Cl. The van der Waals surface area contributed by atoms with Crippen LogP contribution in [0.15, 0.2) is 10.3 Å². The van der Waals surface area contributed by atoms with Crippen molar-refractivity contribution in [1.82, 2.24) is 9.62 Å². The summed E-state index contributed by atoms with van der Waals surface area (Å²) in [5, 5.41) is 3.16. The quantitative estimate of drug-likeness (QED) is 0.923. The Labute approximate surface area is 123 Å². The summed E-state index contributed by atoms with van der Waals surface area (Å²) in [6.07, 6.45) is 0.855. The van der Waals surface area contributed by atoms with E-state index < -0.39 is 10.0 Å². The molecule has 0 aliphatic carbocycles. The molecule has 0 radical (unpaired) electrons. The molecule has 4 nitrogen and oxygen atoms in total. The van der Waals surface area contributed by atoms with Crippen molar-refractivity contribution in [3.63, 3.8) is 0 Å². The molecule has 1 aliphatic rings. The average Bonchev–Trinajstić information content (AvgIpc) is 2.88. The van der Waals surface area contributed by atoms with E-state index in [9.17, 15) is 8.42 Å². The molecular weight excluding hydrogens is 315 g/mol. The fourth-order valence-corrected chi connectivity index (χ4v) is 5.13. The topological polar surface area (TPSA) is 49.4 Å². The Morgan fingerprint density at radius 1 is 1.56 bits per heavy atom. The third-order valence-electron chi connectivity index (χ3n) is 3.02. The van der Waals surface area contributed by atoms with Crippen LogP contribution in [0.1, 0.15) is 12.0 Å². The fraction of sp³-hybridized carbons (Fsp3) is 0.600. The molecule has 0 saturated carbocycles. The Bertz CT molecular complexity index is 490. The van der Waals surface area contributed by atoms with Crippen LogP contribution in [-0.2, 0) is 10.0 Å². The van der Waals surface area contributed by atoms with Crippen LogP contribution in [0, 0.1) is 6.92 Å². The molecule has 2 heterocycles. The van der Waals surface area contributed by atoms with Crippen LogP contribution in [0.5, 0.6) is 0 Å². The summed E-state index contributed by atoms with van der Waals surface area (Å²) >= 11 is 7.05. The molecule has 0 bridgehead atoms. The fourth-order valence-electron chi connectivity index (χ4n) is 1.85. The summed E-state index contributed by atoms with van der Waals surface area (Å²) in [4.78, 5) is 0. The molecule has 1 aromatic rings. The number of nitrogens with zero attached hydrogens (tertiary/aromatic N) is 1. The number of rotatable bonds is 3. The van der Waals surface area contributed by atoms with Crippen molar-refractivity contribution in [2.45, 2.75) is 23.6 Å². The molecule has 104 valence electrons. The largest absolute Gasteiger partial charge is 0.315 e. The second kappa shape index (κ2) is 6.07. The van der Waals surface area contributed by atoms with Gasteiger partial charge in [-0.2, -0.15) is 4.31 Å². The van der Waals surface area contributed by atoms with Gasteiger partial charge in [0.15, 0.2) is 0 Å². The molecule has 0 spiro atoms. The number of thiophene rings is 1. The Kier molecular flexibility index (Phi) is 5.46. The van der Waals surface area contributed by atoms with Gasteiger partial charge in [-0.1, -0.05) is 11.6 Å². The molecule has 1 saturated heterocycles. The van der Waals surface area contributed by atoms with Gasteiger partial charge in [-0.25, -0.2) is 8.42 Å². The van der Waals surface area contributed by atoms with Gasteiger partial charge in [0, 0.05) is 19.6 Å². The lowest BCUT2D eigenvalue weighted by Gasteiger charge is -2.22. The van der Waals surface area contributed by atoms with Gasteiger partial charge >= 0.3 is 0 Å². The highest BCUT2D eigenvalue weighted by atomic mass is 35.5. The third-order valence-corrected chi connectivity index (χ3v) is 6.93. The molecule has 0 amide bonds. The summed E-state index contributed by atoms with van der Waals surface area (Å²) in [5.41, 5.74) is 0.813. The summed E-state index contributed by atoms with van der Waals surface area (Å²) in [6.45, 7) is 3.40. The minimum atomic E-state index is -3.40. The van der Waals surface area contributed by atoms with Gasteiger partial charge in [-0.05, 0) is 31.5 Å². The first-order valence-corrected chi connectivity index (χ1v) is 8.01. The van der Waals surface area contributed by atoms with Crippen molar-refractivity contribution < 1.29 is 8.42 Å². The maximum absolute atomic E-state index is 12.3. The lowest BCUT2D eigenvalue weighted by molar-refractivity contribution is 0.389. The van der Waals surface area contributed by atoms with Crippen LogP contribution in [0.3, 0.4) is 0 Å². The van der Waals surface area contributed by atoms with Gasteiger partial charge < -0.3 is 5.32 Å². The lowest BCUT2D eigenvalue weighted by atomic mass is 10.3. The van der Waals surface area contributed by atoms with Crippen molar-refractivity contribution in [1.29, 1.82) is 0 Å². The smallest absolute Gasteiger partial charge is 0.252 e. The van der Waals surface area contributed by atoms with Gasteiger partial charge in [-0.3, -0.25) is 0 Å². The highest BCUT2D eigenvalue weighted by Crippen LogP contribution is 2.32. The first-order chi connectivity index (χ1) is 7.93. The zero-order chi connectivity index (χ0) is 12.6. The van der Waals surface area contributed by atoms with Gasteiger partial charge in [0.25, 0.3) is 10.0 Å². The van der Waals surface area contributed by atoms with E-state index in [-0.39, 0.29) is 18.4 Å². The number of aryl methyl sites for hydroxylation is 1. The van der Waals surface area contributed by atoms with Crippen LogP contribution < -0.4 is 5.32 Å². The van der Waals surface area contributed by atoms with E-state index in [2.05, 4.69) is 5.32 Å². The molecular formula is C10H16Cl2N2O2S2. The predicted molar refractivity (Wildman–Crippen MR) is 77.5 cm³/mol. The molecule has 1 aromatic heterocycles. The Hall–Kier alpha value is 0.150. The summed E-state index contributed by atoms with van der Waals surface area (Å²) in [7, 11) is -1.76. The minimum Gasteiger partial charge on any atom is -0.315 e. The number of hydrogen-bond donors (Lipinski definition) is 1. The maximum Gasteiger partial charge on any atom is 0.252 e. The first-order valence-electron chi connectivity index (χ1n) is 5.37. The van der Waals surface area contributed by atoms with E-state index in [4.69, 9.17) is 11.6 Å². The monoisotopic (exact) mass is 330 g/mol. The van der Waals surface area contributed by atoms with Crippen LogP contribution in [0.4, 0.5) is 0 Å². The van der Waals surface area contributed by atoms with E-state index >= 15 is 0 Å². The lowest BCUT2D eigenvalue weighted by Crippen LogP contribution is -2.37. The summed E-state index contributed by atoms with van der Waals surface area (Å²) < 4.78 is 27.0. The van der Waals surface area contributed by atoms with Crippen molar-refractivity contribution in [2.75, 3.05) is 20.1 Å². The first kappa shape index (κ1) is 16.2. The number of sulfonamides is 1. The molecule has 0 aromatic carbocycles. The van der Waals surface area contributed by atoms with Gasteiger partial charge in [0.1, 0.15) is 4.21 Å². The average molecular weight is 331 g/mol. The highest BCUT2D eigenvalue weighted by molar-refractivity contribution is 7.91. The van der Waals surface area contributed by atoms with Crippen molar-refractivity contribution >= 4 is 45.4 Å². The number of halogens is 2. The molecule has 1 N–H and O–H groups in total. The van der Waals surface area contributed by atoms with Gasteiger partial charge in [0.2, 0.25) is 0 Å². The van der Waals surface area contributed by atoms with Crippen LogP contribution in [0.25, 0.3) is 0 Å². The second-order valence-corrected chi connectivity index (χ2v) is 8.07. The number of hydrogen-bond acceptors (Lipinski definition) is 4. The summed E-state index contributed by atoms with van der Waals surface area (Å²) in [5.74, 6) is 0. The standard InChI is InChI=1S/C10H15ClN2O2S2.ClH/c1-7-5-9(16-10(7)11)17(14,15)13(2)8-3-4-12-6-8;/h5,8,12H,3-4,6H2,1-2H3;1H. The van der Waals surface area contributed by atoms with Crippen molar-refractivity contribution in [2.24, 2.45) is 0 Å². The van der Waals surface area contributed by atoms with Crippen LogP contribution in [-0.4, -0.2) is 38.9 Å². The van der Waals surface area contributed by atoms with E-state index in [0.717, 1.165) is 29.9 Å². The Morgan fingerprint density at radius 2 is 2.22 bits per heavy atom. The zero-order valence-corrected chi connectivity index (χ0v) is 13.3. The molecule has 1 atom stereocenters. The Morgan fingerprint density at radius 3 is 2.67 bits per heavy atom. The zero-order valence-electron chi connectivity index (χ0n) is 10.1. The van der Waals surface area contributed by atoms with Crippen LogP contribution >= 0.6 is 35.3 Å². The molecule has 2 rings (SSSR count). The highest BCUT2D eigenvalue weighted by Gasteiger charge is 2.31. The molecule has 18 heavy (non-hydrogen) atoms. The normalized spacial score (nSPS) is 20.1. The van der Waals surface area contributed by atoms with E-state index in [1.165, 1.54) is 4.31 Å². The Balaban J connectivity index is 0.00000162. The third kappa shape index (κ3) is 3.00. The predicted octanol–water partition coefficient (Wildman–Crippen LogP) is 2.11. The van der Waals surface area contributed by atoms with Gasteiger partial charge in [-0.15, -0.1) is 23.7 Å². The molecule has 1 aliphatic heterocycles.